The molecule has 2 aliphatic heterocycles. The standard InChI is InChI=1S/C14H18BrNO2/c15-13-3-1-2-11-6-16(5-4-12(11)13)7-14(8-17)9-18-10-14/h1-3,17H,4-10H2. The second-order valence-corrected chi connectivity index (χ2v) is 6.34. The highest BCUT2D eigenvalue weighted by atomic mass is 79.9. The van der Waals surface area contributed by atoms with Crippen molar-refractivity contribution in [2.75, 3.05) is 32.9 Å². The normalized spacial score (nSPS) is 22.3. The molecular formula is C14H18BrNO2. The summed E-state index contributed by atoms with van der Waals surface area (Å²) in [5, 5.41) is 9.49. The van der Waals surface area contributed by atoms with E-state index in [0.717, 1.165) is 26.1 Å². The second-order valence-electron chi connectivity index (χ2n) is 5.49. The van der Waals surface area contributed by atoms with Crippen LogP contribution in [0, 0.1) is 5.41 Å². The quantitative estimate of drug-likeness (QED) is 0.924. The summed E-state index contributed by atoms with van der Waals surface area (Å²) < 4.78 is 6.49. The summed E-state index contributed by atoms with van der Waals surface area (Å²) in [6, 6.07) is 6.42. The smallest absolute Gasteiger partial charge is 0.0579 e. The van der Waals surface area contributed by atoms with Crippen LogP contribution in [-0.4, -0.2) is 42.9 Å². The van der Waals surface area contributed by atoms with Crippen molar-refractivity contribution in [3.8, 4) is 0 Å². The van der Waals surface area contributed by atoms with E-state index in [1.54, 1.807) is 0 Å². The molecule has 0 spiro atoms. The molecule has 2 heterocycles. The molecule has 0 amide bonds. The van der Waals surface area contributed by atoms with Crippen molar-refractivity contribution in [1.29, 1.82) is 0 Å². The van der Waals surface area contributed by atoms with Gasteiger partial charge in [-0.1, -0.05) is 28.1 Å². The molecule has 3 rings (SSSR count). The molecule has 0 radical (unpaired) electrons. The number of hydrogen-bond donors (Lipinski definition) is 1. The summed E-state index contributed by atoms with van der Waals surface area (Å²) in [4.78, 5) is 2.44. The van der Waals surface area contributed by atoms with Crippen LogP contribution >= 0.6 is 15.9 Å². The lowest BCUT2D eigenvalue weighted by Gasteiger charge is -2.44. The second kappa shape index (κ2) is 4.93. The molecule has 2 aliphatic rings. The molecule has 0 atom stereocenters. The van der Waals surface area contributed by atoms with Gasteiger partial charge in [-0.05, 0) is 23.6 Å². The Morgan fingerprint density at radius 3 is 2.89 bits per heavy atom. The van der Waals surface area contributed by atoms with Gasteiger partial charge in [-0.2, -0.15) is 0 Å². The summed E-state index contributed by atoms with van der Waals surface area (Å²) in [5.41, 5.74) is 2.84. The van der Waals surface area contributed by atoms with Gasteiger partial charge in [-0.15, -0.1) is 0 Å². The van der Waals surface area contributed by atoms with Gasteiger partial charge < -0.3 is 9.84 Å². The average Bonchev–Trinajstić information content (AvgIpc) is 2.34. The van der Waals surface area contributed by atoms with E-state index in [1.807, 2.05) is 0 Å². The lowest BCUT2D eigenvalue weighted by Crippen LogP contribution is -2.53. The van der Waals surface area contributed by atoms with E-state index in [2.05, 4.69) is 39.0 Å². The number of rotatable bonds is 3. The van der Waals surface area contributed by atoms with E-state index < -0.39 is 0 Å². The molecule has 0 aromatic heterocycles. The maximum atomic E-state index is 9.49. The summed E-state index contributed by atoms with van der Waals surface area (Å²) in [7, 11) is 0. The number of aliphatic hydroxyl groups excluding tert-OH is 1. The number of aliphatic hydroxyl groups is 1. The van der Waals surface area contributed by atoms with Crippen molar-refractivity contribution in [3.63, 3.8) is 0 Å². The van der Waals surface area contributed by atoms with Gasteiger partial charge in [0.15, 0.2) is 0 Å². The number of hydrogen-bond acceptors (Lipinski definition) is 3. The number of ether oxygens (including phenoxy) is 1. The first-order valence-corrected chi connectivity index (χ1v) is 7.19. The Balaban J connectivity index is 1.71. The minimum Gasteiger partial charge on any atom is -0.396 e. The van der Waals surface area contributed by atoms with Gasteiger partial charge in [-0.3, -0.25) is 4.90 Å². The maximum Gasteiger partial charge on any atom is 0.0579 e. The van der Waals surface area contributed by atoms with E-state index in [-0.39, 0.29) is 12.0 Å². The third-order valence-corrected chi connectivity index (χ3v) is 4.74. The van der Waals surface area contributed by atoms with E-state index in [1.165, 1.54) is 15.6 Å². The number of nitrogens with zero attached hydrogens (tertiary/aromatic N) is 1. The predicted octanol–water partition coefficient (Wildman–Crippen LogP) is 1.82. The van der Waals surface area contributed by atoms with Gasteiger partial charge >= 0.3 is 0 Å². The molecule has 1 saturated heterocycles. The topological polar surface area (TPSA) is 32.7 Å². The van der Waals surface area contributed by atoms with Crippen molar-refractivity contribution >= 4 is 15.9 Å². The molecule has 4 heteroatoms. The van der Waals surface area contributed by atoms with Crippen LogP contribution in [0.4, 0.5) is 0 Å². The number of benzene rings is 1. The summed E-state index contributed by atoms with van der Waals surface area (Å²) in [6.45, 7) is 4.62. The summed E-state index contributed by atoms with van der Waals surface area (Å²) in [6.07, 6.45) is 1.08. The van der Waals surface area contributed by atoms with Crippen molar-refractivity contribution in [2.24, 2.45) is 5.41 Å². The Hall–Kier alpha value is -0.420. The molecule has 0 saturated carbocycles. The predicted molar refractivity (Wildman–Crippen MR) is 73.5 cm³/mol. The molecule has 1 aromatic carbocycles. The van der Waals surface area contributed by atoms with Crippen molar-refractivity contribution < 1.29 is 9.84 Å². The minimum absolute atomic E-state index is 0.0104. The van der Waals surface area contributed by atoms with Gasteiger partial charge in [0, 0.05) is 24.1 Å². The molecule has 1 fully saturated rings. The minimum atomic E-state index is -0.0104. The third-order valence-electron chi connectivity index (χ3n) is 4.00. The fraction of sp³-hybridized carbons (Fsp3) is 0.571. The highest BCUT2D eigenvalue weighted by molar-refractivity contribution is 9.10. The van der Waals surface area contributed by atoms with Crippen molar-refractivity contribution in [2.45, 2.75) is 13.0 Å². The highest BCUT2D eigenvalue weighted by Crippen LogP contribution is 2.31. The Morgan fingerprint density at radius 1 is 1.39 bits per heavy atom. The van der Waals surface area contributed by atoms with E-state index >= 15 is 0 Å². The number of fused-ring (bicyclic) bond motifs is 1. The zero-order chi connectivity index (χ0) is 12.6. The van der Waals surface area contributed by atoms with E-state index in [9.17, 15) is 5.11 Å². The molecule has 0 aliphatic carbocycles. The van der Waals surface area contributed by atoms with Crippen LogP contribution in [0.5, 0.6) is 0 Å². The first kappa shape index (κ1) is 12.6. The largest absolute Gasteiger partial charge is 0.396 e. The van der Waals surface area contributed by atoms with Crippen molar-refractivity contribution in [1.82, 2.24) is 4.90 Å². The van der Waals surface area contributed by atoms with Crippen molar-refractivity contribution in [3.05, 3.63) is 33.8 Å². The highest BCUT2D eigenvalue weighted by Gasteiger charge is 2.40. The van der Waals surface area contributed by atoms with Crippen LogP contribution in [0.25, 0.3) is 0 Å². The Labute approximate surface area is 116 Å². The Morgan fingerprint density at radius 2 is 2.22 bits per heavy atom. The van der Waals surface area contributed by atoms with Gasteiger partial charge in [0.1, 0.15) is 0 Å². The molecular weight excluding hydrogens is 294 g/mol. The molecule has 0 unspecified atom stereocenters. The van der Waals surface area contributed by atoms with E-state index in [4.69, 9.17) is 4.74 Å². The molecule has 3 nitrogen and oxygen atoms in total. The van der Waals surface area contributed by atoms with E-state index in [0.29, 0.717) is 13.2 Å². The van der Waals surface area contributed by atoms with Crippen LogP contribution < -0.4 is 0 Å². The lowest BCUT2D eigenvalue weighted by molar-refractivity contribution is -0.149. The van der Waals surface area contributed by atoms with Crippen LogP contribution in [-0.2, 0) is 17.7 Å². The van der Waals surface area contributed by atoms with Gasteiger partial charge in [0.05, 0.1) is 25.2 Å². The van der Waals surface area contributed by atoms with Crippen LogP contribution in [0.15, 0.2) is 22.7 Å². The van der Waals surface area contributed by atoms with Crippen LogP contribution in [0.1, 0.15) is 11.1 Å². The summed E-state index contributed by atoms with van der Waals surface area (Å²) >= 11 is 3.62. The molecule has 0 bridgehead atoms. The van der Waals surface area contributed by atoms with Gasteiger partial charge in [0.25, 0.3) is 0 Å². The lowest BCUT2D eigenvalue weighted by atomic mass is 9.85. The number of halogens is 1. The van der Waals surface area contributed by atoms with Crippen LogP contribution in [0.3, 0.4) is 0 Å². The van der Waals surface area contributed by atoms with Gasteiger partial charge in [0.2, 0.25) is 0 Å². The zero-order valence-corrected chi connectivity index (χ0v) is 11.9. The SMILES string of the molecule is OCC1(CN2CCc3c(Br)cccc3C2)COC1. The first-order chi connectivity index (χ1) is 8.72. The summed E-state index contributed by atoms with van der Waals surface area (Å²) in [5.74, 6) is 0. The first-order valence-electron chi connectivity index (χ1n) is 6.40. The molecule has 1 N–H and O–H groups in total. The molecule has 98 valence electrons. The third kappa shape index (κ3) is 2.23. The van der Waals surface area contributed by atoms with Gasteiger partial charge in [-0.25, -0.2) is 0 Å². The monoisotopic (exact) mass is 311 g/mol. The Kier molecular flexibility index (Phi) is 3.45. The maximum absolute atomic E-state index is 9.49. The fourth-order valence-corrected chi connectivity index (χ4v) is 3.46. The molecule has 1 aromatic rings. The average molecular weight is 312 g/mol. The Bertz CT molecular complexity index is 440. The fourth-order valence-electron chi connectivity index (χ4n) is 2.85. The molecule has 18 heavy (non-hydrogen) atoms. The zero-order valence-electron chi connectivity index (χ0n) is 10.4. The van der Waals surface area contributed by atoms with Crippen LogP contribution in [0.2, 0.25) is 0 Å².